The molecule has 4 nitrogen and oxygen atoms in total. The molecule has 1 atom stereocenters. The Morgan fingerprint density at radius 3 is 2.50 bits per heavy atom. The van der Waals surface area contributed by atoms with E-state index in [9.17, 15) is 4.79 Å². The molecule has 0 saturated carbocycles. The van der Waals surface area contributed by atoms with Crippen molar-refractivity contribution in [3.63, 3.8) is 0 Å². The Morgan fingerprint density at radius 2 is 1.68 bits per heavy atom. The Balaban J connectivity index is 1.49. The SMILES string of the molecule is O=C(NC(CCN1CCCCC1)c1ccccc1)c1ccc2ccccc2n1. The first-order valence-corrected chi connectivity index (χ1v) is 10.2. The molecule has 1 unspecified atom stereocenters. The Kier molecular flexibility index (Phi) is 5.98. The van der Waals surface area contributed by atoms with E-state index in [4.69, 9.17) is 0 Å². The number of likely N-dealkylation sites (tertiary alicyclic amines) is 1. The van der Waals surface area contributed by atoms with Crippen molar-refractivity contribution in [3.05, 3.63) is 78.0 Å². The molecule has 144 valence electrons. The fourth-order valence-corrected chi connectivity index (χ4v) is 3.93. The number of benzene rings is 2. The maximum absolute atomic E-state index is 12.9. The number of nitrogens with zero attached hydrogens (tertiary/aromatic N) is 2. The molecule has 4 rings (SSSR count). The van der Waals surface area contributed by atoms with Gasteiger partial charge in [-0.05, 0) is 50.0 Å². The van der Waals surface area contributed by atoms with Crippen LogP contribution in [0.5, 0.6) is 0 Å². The second kappa shape index (κ2) is 8.98. The van der Waals surface area contributed by atoms with Crippen molar-refractivity contribution >= 4 is 16.8 Å². The lowest BCUT2D eigenvalue weighted by Crippen LogP contribution is -2.35. The highest BCUT2D eigenvalue weighted by molar-refractivity contribution is 5.95. The molecule has 4 heteroatoms. The predicted molar refractivity (Wildman–Crippen MR) is 113 cm³/mol. The van der Waals surface area contributed by atoms with Crippen LogP contribution in [0.3, 0.4) is 0 Å². The number of para-hydroxylation sites is 1. The quantitative estimate of drug-likeness (QED) is 0.688. The van der Waals surface area contributed by atoms with Gasteiger partial charge in [0.1, 0.15) is 5.69 Å². The molecular formula is C24H27N3O. The van der Waals surface area contributed by atoms with Gasteiger partial charge in [0, 0.05) is 11.9 Å². The number of aromatic nitrogens is 1. The molecule has 1 amide bonds. The van der Waals surface area contributed by atoms with E-state index in [0.29, 0.717) is 5.69 Å². The van der Waals surface area contributed by atoms with Gasteiger partial charge in [0.05, 0.1) is 11.6 Å². The molecule has 1 aliphatic heterocycles. The van der Waals surface area contributed by atoms with Gasteiger partial charge in [-0.15, -0.1) is 0 Å². The normalized spacial score (nSPS) is 16.0. The number of carbonyl (C=O) groups is 1. The van der Waals surface area contributed by atoms with Crippen molar-refractivity contribution in [1.29, 1.82) is 0 Å². The molecule has 1 N–H and O–H groups in total. The van der Waals surface area contributed by atoms with Crippen molar-refractivity contribution in [1.82, 2.24) is 15.2 Å². The van der Waals surface area contributed by atoms with Gasteiger partial charge in [0.2, 0.25) is 0 Å². The zero-order valence-corrected chi connectivity index (χ0v) is 16.2. The third kappa shape index (κ3) is 4.57. The Labute approximate surface area is 166 Å². The minimum atomic E-state index is -0.113. The van der Waals surface area contributed by atoms with Gasteiger partial charge in [-0.1, -0.05) is 61.0 Å². The van der Waals surface area contributed by atoms with E-state index < -0.39 is 0 Å². The fraction of sp³-hybridized carbons (Fsp3) is 0.333. The highest BCUT2D eigenvalue weighted by atomic mass is 16.1. The number of rotatable bonds is 6. The van der Waals surface area contributed by atoms with Gasteiger partial charge in [-0.25, -0.2) is 4.98 Å². The van der Waals surface area contributed by atoms with E-state index >= 15 is 0 Å². The largest absolute Gasteiger partial charge is 0.344 e. The van der Waals surface area contributed by atoms with Crippen molar-refractivity contribution in [3.8, 4) is 0 Å². The van der Waals surface area contributed by atoms with Crippen LogP contribution in [0.4, 0.5) is 0 Å². The maximum Gasteiger partial charge on any atom is 0.270 e. The lowest BCUT2D eigenvalue weighted by atomic mass is 10.0. The minimum absolute atomic E-state index is 0.0103. The maximum atomic E-state index is 12.9. The van der Waals surface area contributed by atoms with Crippen LogP contribution in [0.25, 0.3) is 10.9 Å². The third-order valence-electron chi connectivity index (χ3n) is 5.52. The summed E-state index contributed by atoms with van der Waals surface area (Å²) < 4.78 is 0. The van der Waals surface area contributed by atoms with Gasteiger partial charge in [-0.3, -0.25) is 4.79 Å². The summed E-state index contributed by atoms with van der Waals surface area (Å²) >= 11 is 0. The summed E-state index contributed by atoms with van der Waals surface area (Å²) in [4.78, 5) is 20.0. The summed E-state index contributed by atoms with van der Waals surface area (Å²) in [6.45, 7) is 3.34. The van der Waals surface area contributed by atoms with Crippen LogP contribution in [-0.4, -0.2) is 35.4 Å². The lowest BCUT2D eigenvalue weighted by Gasteiger charge is -2.28. The second-order valence-electron chi connectivity index (χ2n) is 7.52. The molecule has 1 fully saturated rings. The molecule has 3 aromatic rings. The summed E-state index contributed by atoms with van der Waals surface area (Å²) in [7, 11) is 0. The number of hydrogen-bond donors (Lipinski definition) is 1. The monoisotopic (exact) mass is 373 g/mol. The third-order valence-corrected chi connectivity index (χ3v) is 5.52. The van der Waals surface area contributed by atoms with Crippen LogP contribution in [0, 0.1) is 0 Å². The first kappa shape index (κ1) is 18.6. The van der Waals surface area contributed by atoms with Crippen LogP contribution >= 0.6 is 0 Å². The van der Waals surface area contributed by atoms with Gasteiger partial charge in [-0.2, -0.15) is 0 Å². The Bertz CT molecular complexity index is 919. The van der Waals surface area contributed by atoms with E-state index in [0.717, 1.165) is 29.4 Å². The summed E-state index contributed by atoms with van der Waals surface area (Å²) in [5.74, 6) is -0.113. The van der Waals surface area contributed by atoms with Crippen LogP contribution in [-0.2, 0) is 0 Å². The van der Waals surface area contributed by atoms with E-state index in [1.54, 1.807) is 0 Å². The molecule has 1 saturated heterocycles. The average molecular weight is 374 g/mol. The number of fused-ring (bicyclic) bond motifs is 1. The molecular weight excluding hydrogens is 346 g/mol. The van der Waals surface area contributed by atoms with Crippen molar-refractivity contribution in [2.24, 2.45) is 0 Å². The van der Waals surface area contributed by atoms with Gasteiger partial charge in [0.25, 0.3) is 5.91 Å². The molecule has 28 heavy (non-hydrogen) atoms. The second-order valence-corrected chi connectivity index (χ2v) is 7.52. The molecule has 0 radical (unpaired) electrons. The number of amides is 1. The summed E-state index contributed by atoms with van der Waals surface area (Å²) in [6.07, 6.45) is 4.80. The van der Waals surface area contributed by atoms with E-state index in [1.165, 1.54) is 32.4 Å². The van der Waals surface area contributed by atoms with Gasteiger partial charge < -0.3 is 10.2 Å². The Morgan fingerprint density at radius 1 is 0.929 bits per heavy atom. The summed E-state index contributed by atoms with van der Waals surface area (Å²) in [5.41, 5.74) is 2.46. The van der Waals surface area contributed by atoms with Crippen LogP contribution in [0.15, 0.2) is 66.7 Å². The molecule has 2 aromatic carbocycles. The summed E-state index contributed by atoms with van der Waals surface area (Å²) in [5, 5.41) is 4.27. The average Bonchev–Trinajstić information content (AvgIpc) is 2.77. The minimum Gasteiger partial charge on any atom is -0.344 e. The van der Waals surface area contributed by atoms with Gasteiger partial charge in [0.15, 0.2) is 0 Å². The molecule has 0 bridgehead atoms. The van der Waals surface area contributed by atoms with Crippen LogP contribution in [0.2, 0.25) is 0 Å². The number of carbonyl (C=O) groups excluding carboxylic acids is 1. The lowest BCUT2D eigenvalue weighted by molar-refractivity contribution is 0.0925. The first-order chi connectivity index (χ1) is 13.8. The highest BCUT2D eigenvalue weighted by Crippen LogP contribution is 2.20. The highest BCUT2D eigenvalue weighted by Gasteiger charge is 2.19. The number of piperidine rings is 1. The zero-order chi connectivity index (χ0) is 19.2. The van der Waals surface area contributed by atoms with Crippen molar-refractivity contribution in [2.45, 2.75) is 31.7 Å². The van der Waals surface area contributed by atoms with Gasteiger partial charge >= 0.3 is 0 Å². The van der Waals surface area contributed by atoms with E-state index in [-0.39, 0.29) is 11.9 Å². The first-order valence-electron chi connectivity index (χ1n) is 10.2. The number of pyridine rings is 1. The van der Waals surface area contributed by atoms with E-state index in [2.05, 4.69) is 27.3 Å². The standard InChI is InChI=1S/C24H27N3O/c28-24(23-14-13-20-11-5-6-12-21(20)25-23)26-22(19-9-3-1-4-10-19)15-18-27-16-7-2-8-17-27/h1,3-6,9-14,22H,2,7-8,15-18H2,(H,26,28). The fourth-order valence-electron chi connectivity index (χ4n) is 3.93. The van der Waals surface area contributed by atoms with Crippen molar-refractivity contribution in [2.75, 3.05) is 19.6 Å². The van der Waals surface area contributed by atoms with Crippen LogP contribution < -0.4 is 5.32 Å². The summed E-state index contributed by atoms with van der Waals surface area (Å²) in [6, 6.07) is 21.9. The smallest absolute Gasteiger partial charge is 0.270 e. The zero-order valence-electron chi connectivity index (χ0n) is 16.2. The molecule has 0 spiro atoms. The van der Waals surface area contributed by atoms with E-state index in [1.807, 2.05) is 54.6 Å². The van der Waals surface area contributed by atoms with Crippen LogP contribution in [0.1, 0.15) is 47.8 Å². The number of nitrogens with one attached hydrogen (secondary N) is 1. The number of hydrogen-bond acceptors (Lipinski definition) is 3. The molecule has 1 aromatic heterocycles. The molecule has 2 heterocycles. The van der Waals surface area contributed by atoms with Crippen molar-refractivity contribution < 1.29 is 4.79 Å². The Hall–Kier alpha value is -2.72. The predicted octanol–water partition coefficient (Wildman–Crippen LogP) is 4.58. The topological polar surface area (TPSA) is 45.2 Å². The molecule has 1 aliphatic rings. The molecule has 0 aliphatic carbocycles.